The molecule has 1 aliphatic rings. The first kappa shape index (κ1) is 10.9. The number of hydrogen-bond acceptors (Lipinski definition) is 4. The summed E-state index contributed by atoms with van der Waals surface area (Å²) in [7, 11) is -4.37. The van der Waals surface area contributed by atoms with E-state index < -0.39 is 22.1 Å². The molecule has 1 atom stereocenters. The molecule has 0 spiro atoms. The fraction of sp³-hybridized carbons (Fsp3) is 1.00. The van der Waals surface area contributed by atoms with Gasteiger partial charge in [0.15, 0.2) is 0 Å². The van der Waals surface area contributed by atoms with Crippen LogP contribution in [0.25, 0.3) is 0 Å². The lowest BCUT2D eigenvalue weighted by molar-refractivity contribution is -0.122. The standard InChI is InChI=1S/C7H14O5S/c1-7(2)6(4-3-5-11-7)12-13(8,9)10/h6H,3-5H2,1-2H3,(H,8,9,10). The van der Waals surface area contributed by atoms with Crippen LogP contribution < -0.4 is 0 Å². The Morgan fingerprint density at radius 2 is 2.15 bits per heavy atom. The van der Waals surface area contributed by atoms with Gasteiger partial charge in [0.05, 0.1) is 5.60 Å². The van der Waals surface area contributed by atoms with E-state index in [-0.39, 0.29) is 0 Å². The van der Waals surface area contributed by atoms with Crippen LogP contribution in [-0.2, 0) is 19.3 Å². The van der Waals surface area contributed by atoms with Crippen LogP contribution in [0.2, 0.25) is 0 Å². The van der Waals surface area contributed by atoms with E-state index in [0.29, 0.717) is 13.0 Å². The molecule has 1 unspecified atom stereocenters. The van der Waals surface area contributed by atoms with Crippen LogP contribution in [0.1, 0.15) is 26.7 Å². The van der Waals surface area contributed by atoms with Gasteiger partial charge in [-0.1, -0.05) is 0 Å². The molecule has 6 heteroatoms. The van der Waals surface area contributed by atoms with E-state index >= 15 is 0 Å². The van der Waals surface area contributed by atoms with Gasteiger partial charge in [-0.2, -0.15) is 8.42 Å². The van der Waals surface area contributed by atoms with E-state index in [2.05, 4.69) is 4.18 Å². The SMILES string of the molecule is CC1(C)OCCCC1OS(=O)(=O)O. The summed E-state index contributed by atoms with van der Waals surface area (Å²) in [5, 5.41) is 0. The summed E-state index contributed by atoms with van der Waals surface area (Å²) in [6.45, 7) is 4.07. The topological polar surface area (TPSA) is 72.8 Å². The summed E-state index contributed by atoms with van der Waals surface area (Å²) >= 11 is 0. The predicted octanol–water partition coefficient (Wildman–Crippen LogP) is 0.763. The lowest BCUT2D eigenvalue weighted by Gasteiger charge is -2.36. The van der Waals surface area contributed by atoms with Gasteiger partial charge in [0.1, 0.15) is 6.10 Å². The van der Waals surface area contributed by atoms with E-state index in [1.165, 1.54) is 0 Å². The van der Waals surface area contributed by atoms with Crippen molar-refractivity contribution in [3.8, 4) is 0 Å². The monoisotopic (exact) mass is 210 g/mol. The zero-order valence-corrected chi connectivity index (χ0v) is 8.50. The molecule has 0 aromatic rings. The van der Waals surface area contributed by atoms with Crippen molar-refractivity contribution < 1.29 is 21.9 Å². The van der Waals surface area contributed by atoms with E-state index in [1.807, 2.05) is 0 Å². The maximum absolute atomic E-state index is 10.5. The van der Waals surface area contributed by atoms with Crippen LogP contribution >= 0.6 is 0 Å². The maximum Gasteiger partial charge on any atom is 0.397 e. The van der Waals surface area contributed by atoms with Gasteiger partial charge >= 0.3 is 10.4 Å². The van der Waals surface area contributed by atoms with Gasteiger partial charge in [0.25, 0.3) is 0 Å². The Morgan fingerprint density at radius 1 is 1.54 bits per heavy atom. The summed E-state index contributed by atoms with van der Waals surface area (Å²) in [5.41, 5.74) is -0.659. The average molecular weight is 210 g/mol. The molecule has 0 aromatic carbocycles. The van der Waals surface area contributed by atoms with Crippen LogP contribution in [0.3, 0.4) is 0 Å². The highest BCUT2D eigenvalue weighted by Gasteiger charge is 2.37. The molecule has 78 valence electrons. The maximum atomic E-state index is 10.5. The third-order valence-corrected chi connectivity index (χ3v) is 2.57. The normalized spacial score (nSPS) is 28.7. The highest BCUT2D eigenvalue weighted by molar-refractivity contribution is 7.80. The Labute approximate surface area is 78.0 Å². The van der Waals surface area contributed by atoms with Crippen LogP contribution in [-0.4, -0.2) is 31.3 Å². The molecule has 0 amide bonds. The molecule has 1 rings (SSSR count). The molecule has 5 nitrogen and oxygen atoms in total. The summed E-state index contributed by atoms with van der Waals surface area (Å²) in [5.74, 6) is 0. The van der Waals surface area contributed by atoms with E-state index in [4.69, 9.17) is 9.29 Å². The summed E-state index contributed by atoms with van der Waals surface area (Å²) < 4.78 is 39.2. The molecule has 0 saturated carbocycles. The quantitative estimate of drug-likeness (QED) is 0.681. The van der Waals surface area contributed by atoms with Crippen molar-refractivity contribution in [2.45, 2.75) is 38.4 Å². The number of rotatable bonds is 2. The molecule has 13 heavy (non-hydrogen) atoms. The second kappa shape index (κ2) is 3.53. The van der Waals surface area contributed by atoms with Gasteiger partial charge < -0.3 is 4.74 Å². The van der Waals surface area contributed by atoms with E-state index in [1.54, 1.807) is 13.8 Å². The van der Waals surface area contributed by atoms with Crippen molar-refractivity contribution in [2.75, 3.05) is 6.61 Å². The molecule has 0 aromatic heterocycles. The van der Waals surface area contributed by atoms with Gasteiger partial charge in [-0.05, 0) is 26.7 Å². The van der Waals surface area contributed by atoms with Crippen molar-refractivity contribution in [3.05, 3.63) is 0 Å². The highest BCUT2D eigenvalue weighted by atomic mass is 32.3. The molecule has 1 fully saturated rings. The van der Waals surface area contributed by atoms with Crippen LogP contribution in [0, 0.1) is 0 Å². The van der Waals surface area contributed by atoms with Crippen molar-refractivity contribution in [2.24, 2.45) is 0 Å². The highest BCUT2D eigenvalue weighted by Crippen LogP contribution is 2.27. The fourth-order valence-electron chi connectivity index (χ4n) is 1.36. The lowest BCUT2D eigenvalue weighted by Crippen LogP contribution is -2.45. The summed E-state index contributed by atoms with van der Waals surface area (Å²) in [4.78, 5) is 0. The second-order valence-electron chi connectivity index (χ2n) is 3.61. The smallest absolute Gasteiger partial charge is 0.373 e. The number of hydrogen-bond donors (Lipinski definition) is 1. The number of ether oxygens (including phenoxy) is 1. The van der Waals surface area contributed by atoms with Crippen molar-refractivity contribution >= 4 is 10.4 Å². The third kappa shape index (κ3) is 3.22. The van der Waals surface area contributed by atoms with Crippen molar-refractivity contribution in [3.63, 3.8) is 0 Å². The zero-order chi connectivity index (χ0) is 10.1. The lowest BCUT2D eigenvalue weighted by atomic mass is 9.95. The zero-order valence-electron chi connectivity index (χ0n) is 7.69. The largest absolute Gasteiger partial charge is 0.397 e. The molecule has 1 heterocycles. The Morgan fingerprint density at radius 3 is 2.62 bits per heavy atom. The minimum Gasteiger partial charge on any atom is -0.373 e. The molecular formula is C7H14O5S. The molecule has 0 bridgehead atoms. The van der Waals surface area contributed by atoms with Gasteiger partial charge in [-0.15, -0.1) is 0 Å². The third-order valence-electron chi connectivity index (χ3n) is 2.10. The Bertz CT molecular complexity index is 269. The molecule has 1 saturated heterocycles. The van der Waals surface area contributed by atoms with Crippen LogP contribution in [0.15, 0.2) is 0 Å². The molecule has 1 N–H and O–H groups in total. The van der Waals surface area contributed by atoms with Gasteiger partial charge in [-0.3, -0.25) is 4.55 Å². The Hall–Kier alpha value is -0.170. The summed E-state index contributed by atoms with van der Waals surface area (Å²) in [6.07, 6.45) is 0.715. The molecule has 0 aliphatic carbocycles. The fourth-order valence-corrected chi connectivity index (χ4v) is 1.98. The first-order valence-corrected chi connectivity index (χ1v) is 5.47. The van der Waals surface area contributed by atoms with Crippen LogP contribution in [0.4, 0.5) is 0 Å². The van der Waals surface area contributed by atoms with E-state index in [9.17, 15) is 8.42 Å². The molecular weight excluding hydrogens is 196 g/mol. The van der Waals surface area contributed by atoms with Crippen molar-refractivity contribution in [1.29, 1.82) is 0 Å². The molecule has 0 radical (unpaired) electrons. The Kier molecular flexibility index (Phi) is 2.96. The average Bonchev–Trinajstić information content (AvgIpc) is 1.91. The second-order valence-corrected chi connectivity index (χ2v) is 4.65. The first-order valence-electron chi connectivity index (χ1n) is 4.11. The van der Waals surface area contributed by atoms with Crippen LogP contribution in [0.5, 0.6) is 0 Å². The van der Waals surface area contributed by atoms with E-state index in [0.717, 1.165) is 6.42 Å². The van der Waals surface area contributed by atoms with Crippen molar-refractivity contribution in [1.82, 2.24) is 0 Å². The van der Waals surface area contributed by atoms with Gasteiger partial charge in [-0.25, -0.2) is 4.18 Å². The molecule has 1 aliphatic heterocycles. The minimum atomic E-state index is -4.37. The van der Waals surface area contributed by atoms with Gasteiger partial charge in [0, 0.05) is 6.61 Å². The minimum absolute atomic E-state index is 0.576. The summed E-state index contributed by atoms with van der Waals surface area (Å²) in [6, 6.07) is 0. The first-order chi connectivity index (χ1) is 5.81. The van der Waals surface area contributed by atoms with Gasteiger partial charge in [0.2, 0.25) is 0 Å². The predicted molar refractivity (Wildman–Crippen MR) is 45.7 cm³/mol. The Balaban J connectivity index is 2.67.